The Bertz CT molecular complexity index is 996. The summed E-state index contributed by atoms with van der Waals surface area (Å²) < 4.78 is 5.16. The molecule has 0 saturated carbocycles. The maximum Gasteiger partial charge on any atom is 0.323 e. The number of aromatic amines is 1. The number of nitrogens with zero attached hydrogens (tertiary/aromatic N) is 1. The quantitative estimate of drug-likeness (QED) is 0.731. The van der Waals surface area contributed by atoms with Gasteiger partial charge in [0.05, 0.1) is 18.1 Å². The van der Waals surface area contributed by atoms with Crippen LogP contribution in [0.5, 0.6) is 5.75 Å². The number of hydrogen-bond donors (Lipinski definition) is 2. The van der Waals surface area contributed by atoms with E-state index in [-0.39, 0.29) is 4.87 Å². The Hall–Kier alpha value is -2.59. The van der Waals surface area contributed by atoms with Crippen LogP contribution in [0.4, 0.5) is 0 Å². The molecule has 8 nitrogen and oxygen atoms in total. The van der Waals surface area contributed by atoms with Crippen LogP contribution >= 0.6 is 23.1 Å². The standard InChI is InChI=1S/C17H14N2O6S2/c1-25-8-4-2-7(3-5-8)10-11-13(26-14-12(10)27-17(24)18-14)16(23)19(15(11)22)6-9(20)21/h2-5,10-11,13H,6H2,1H3,(H,18,24)(H,20,21)/t10-,11+,13+/m0/s1. The van der Waals surface area contributed by atoms with Crippen molar-refractivity contribution in [2.24, 2.45) is 5.92 Å². The molecular weight excluding hydrogens is 392 g/mol. The van der Waals surface area contributed by atoms with E-state index < -0.39 is 41.4 Å². The monoisotopic (exact) mass is 406 g/mol. The van der Waals surface area contributed by atoms with Crippen molar-refractivity contribution < 1.29 is 24.2 Å². The van der Waals surface area contributed by atoms with E-state index in [1.807, 2.05) is 0 Å². The smallest absolute Gasteiger partial charge is 0.323 e. The molecule has 2 aliphatic rings. The van der Waals surface area contributed by atoms with Gasteiger partial charge < -0.3 is 14.8 Å². The van der Waals surface area contributed by atoms with E-state index in [9.17, 15) is 19.2 Å². The third-order valence-electron chi connectivity index (χ3n) is 4.68. The minimum atomic E-state index is -1.25. The van der Waals surface area contributed by atoms with Crippen molar-refractivity contribution in [3.63, 3.8) is 0 Å². The van der Waals surface area contributed by atoms with Gasteiger partial charge in [-0.3, -0.25) is 24.1 Å². The number of aromatic nitrogens is 1. The molecule has 0 aliphatic carbocycles. The maximum absolute atomic E-state index is 12.9. The normalized spacial score (nSPS) is 23.9. The van der Waals surface area contributed by atoms with Gasteiger partial charge in [-0.25, -0.2) is 0 Å². The van der Waals surface area contributed by atoms with E-state index in [1.54, 1.807) is 31.4 Å². The first-order chi connectivity index (χ1) is 12.9. The molecule has 140 valence electrons. The summed E-state index contributed by atoms with van der Waals surface area (Å²) >= 11 is 2.13. The molecule has 0 bridgehead atoms. The predicted molar refractivity (Wildman–Crippen MR) is 97.3 cm³/mol. The van der Waals surface area contributed by atoms with Gasteiger partial charge in [0.1, 0.15) is 17.5 Å². The van der Waals surface area contributed by atoms with Crippen LogP contribution in [-0.4, -0.2) is 51.7 Å². The van der Waals surface area contributed by atoms with Crippen LogP contribution in [0.1, 0.15) is 16.4 Å². The van der Waals surface area contributed by atoms with Crippen molar-refractivity contribution in [3.05, 3.63) is 44.4 Å². The van der Waals surface area contributed by atoms with Gasteiger partial charge in [-0.1, -0.05) is 35.2 Å². The molecule has 2 aliphatic heterocycles. The Labute approximate surface area is 161 Å². The summed E-state index contributed by atoms with van der Waals surface area (Å²) in [5.74, 6) is -2.92. The number of carbonyl (C=O) groups excluding carboxylic acids is 2. The molecular formula is C17H14N2O6S2. The van der Waals surface area contributed by atoms with Gasteiger partial charge in [0, 0.05) is 10.8 Å². The van der Waals surface area contributed by atoms with Crippen LogP contribution in [-0.2, 0) is 14.4 Å². The topological polar surface area (TPSA) is 117 Å². The van der Waals surface area contributed by atoms with Crippen molar-refractivity contribution in [1.82, 2.24) is 9.88 Å². The van der Waals surface area contributed by atoms with E-state index in [0.29, 0.717) is 15.7 Å². The number of carboxylic acid groups (broad SMARTS) is 1. The second-order valence-electron chi connectivity index (χ2n) is 6.18. The second kappa shape index (κ2) is 6.54. The molecule has 1 aromatic carbocycles. The van der Waals surface area contributed by atoms with E-state index in [1.165, 1.54) is 0 Å². The Kier molecular flexibility index (Phi) is 4.31. The number of rotatable bonds is 4. The largest absolute Gasteiger partial charge is 0.497 e. The number of hydrogen-bond acceptors (Lipinski definition) is 7. The number of aliphatic carboxylic acids is 1. The van der Waals surface area contributed by atoms with E-state index in [0.717, 1.165) is 33.6 Å². The lowest BCUT2D eigenvalue weighted by Gasteiger charge is -2.29. The number of methoxy groups -OCH3 is 1. The average molecular weight is 406 g/mol. The van der Waals surface area contributed by atoms with Crippen molar-refractivity contribution in [2.75, 3.05) is 13.7 Å². The molecule has 1 aromatic heterocycles. The number of likely N-dealkylation sites (tertiary alicyclic amines) is 1. The van der Waals surface area contributed by atoms with Gasteiger partial charge in [-0.15, -0.1) is 0 Å². The Morgan fingerprint density at radius 1 is 1.22 bits per heavy atom. The van der Waals surface area contributed by atoms with E-state index >= 15 is 0 Å². The van der Waals surface area contributed by atoms with E-state index in [4.69, 9.17) is 9.84 Å². The fourth-order valence-corrected chi connectivity index (χ4v) is 6.07. The van der Waals surface area contributed by atoms with Crippen LogP contribution in [0.15, 0.2) is 34.1 Å². The van der Waals surface area contributed by atoms with Gasteiger partial charge in [0.25, 0.3) is 0 Å². The molecule has 2 aromatic rings. The van der Waals surface area contributed by atoms with Crippen LogP contribution in [0.3, 0.4) is 0 Å². The predicted octanol–water partition coefficient (Wildman–Crippen LogP) is 1.12. The summed E-state index contributed by atoms with van der Waals surface area (Å²) in [5.41, 5.74) is 0.765. The first kappa shape index (κ1) is 17.8. The van der Waals surface area contributed by atoms with Crippen molar-refractivity contribution in [2.45, 2.75) is 16.2 Å². The summed E-state index contributed by atoms with van der Waals surface area (Å²) in [7, 11) is 1.54. The van der Waals surface area contributed by atoms with Gasteiger partial charge in [0.2, 0.25) is 11.8 Å². The number of thioether (sulfide) groups is 1. The van der Waals surface area contributed by atoms with Gasteiger partial charge in [-0.05, 0) is 17.7 Å². The molecule has 10 heteroatoms. The number of carboxylic acids is 1. The van der Waals surface area contributed by atoms with Gasteiger partial charge in [0.15, 0.2) is 0 Å². The molecule has 1 saturated heterocycles. The van der Waals surface area contributed by atoms with E-state index in [2.05, 4.69) is 4.98 Å². The fraction of sp³-hybridized carbons (Fsp3) is 0.294. The Morgan fingerprint density at radius 2 is 1.93 bits per heavy atom. The minimum absolute atomic E-state index is 0.256. The minimum Gasteiger partial charge on any atom is -0.497 e. The van der Waals surface area contributed by atoms with Crippen molar-refractivity contribution >= 4 is 40.9 Å². The number of amides is 2. The molecule has 4 rings (SSSR count). The maximum atomic E-state index is 12.9. The van der Waals surface area contributed by atoms with Crippen LogP contribution in [0, 0.1) is 5.92 Å². The number of nitrogens with one attached hydrogen (secondary N) is 1. The number of imide groups is 1. The number of benzene rings is 1. The third-order valence-corrected chi connectivity index (χ3v) is 7.08. The number of thiazole rings is 1. The summed E-state index contributed by atoms with van der Waals surface area (Å²) in [4.78, 5) is 52.6. The molecule has 2 N–H and O–H groups in total. The zero-order valence-corrected chi connectivity index (χ0v) is 15.6. The second-order valence-corrected chi connectivity index (χ2v) is 8.35. The third kappa shape index (κ3) is 2.85. The molecule has 0 spiro atoms. The van der Waals surface area contributed by atoms with Gasteiger partial charge >= 0.3 is 10.8 Å². The molecule has 27 heavy (non-hydrogen) atoms. The molecule has 0 radical (unpaired) electrons. The fourth-order valence-electron chi connectivity index (χ4n) is 3.54. The average Bonchev–Trinajstić information content (AvgIpc) is 3.12. The highest BCUT2D eigenvalue weighted by molar-refractivity contribution is 8.00. The lowest BCUT2D eigenvalue weighted by atomic mass is 9.83. The number of carbonyl (C=O) groups is 3. The highest BCUT2D eigenvalue weighted by Crippen LogP contribution is 2.52. The first-order valence-electron chi connectivity index (χ1n) is 8.01. The summed E-state index contributed by atoms with van der Waals surface area (Å²) in [6.45, 7) is -0.662. The number of fused-ring (bicyclic) bond motifs is 2. The highest BCUT2D eigenvalue weighted by atomic mass is 32.2. The molecule has 2 amide bonds. The number of ether oxygens (including phenoxy) is 1. The zero-order chi connectivity index (χ0) is 19.3. The Morgan fingerprint density at radius 3 is 2.56 bits per heavy atom. The summed E-state index contributed by atoms with van der Waals surface area (Å²) in [6.07, 6.45) is 0. The van der Waals surface area contributed by atoms with Crippen molar-refractivity contribution in [3.8, 4) is 5.75 Å². The molecule has 0 unspecified atom stereocenters. The van der Waals surface area contributed by atoms with Crippen molar-refractivity contribution in [1.29, 1.82) is 0 Å². The molecule has 1 fully saturated rings. The van der Waals surface area contributed by atoms with Crippen LogP contribution < -0.4 is 9.61 Å². The number of H-pyrrole nitrogens is 1. The van der Waals surface area contributed by atoms with Gasteiger partial charge in [-0.2, -0.15) is 0 Å². The summed E-state index contributed by atoms with van der Waals surface area (Å²) in [6, 6.07) is 7.08. The highest BCUT2D eigenvalue weighted by Gasteiger charge is 2.56. The first-order valence-corrected chi connectivity index (χ1v) is 9.71. The lowest BCUT2D eigenvalue weighted by Crippen LogP contribution is -2.36. The molecule has 3 heterocycles. The molecule has 3 atom stereocenters. The van der Waals surface area contributed by atoms with Crippen LogP contribution in [0.25, 0.3) is 0 Å². The van der Waals surface area contributed by atoms with Crippen LogP contribution in [0.2, 0.25) is 0 Å². The zero-order valence-electron chi connectivity index (χ0n) is 14.0. The Balaban J connectivity index is 1.83. The SMILES string of the molecule is COc1ccc([C@@H]2c3sc(=O)[nH]c3S[C@H]3C(=O)N(CC(=O)O)C(=O)[C@H]23)cc1. The lowest BCUT2D eigenvalue weighted by molar-refractivity contribution is -0.149. The summed E-state index contributed by atoms with van der Waals surface area (Å²) in [5, 5.41) is 8.84.